The predicted octanol–water partition coefficient (Wildman–Crippen LogP) is 5.01. The van der Waals surface area contributed by atoms with Gasteiger partial charge in [0.1, 0.15) is 0 Å². The summed E-state index contributed by atoms with van der Waals surface area (Å²) in [5.74, 6) is 0. The van der Waals surface area contributed by atoms with Crippen molar-refractivity contribution >= 4 is 11.6 Å². The molecule has 0 aliphatic carbocycles. The molecule has 0 aromatic heterocycles. The highest BCUT2D eigenvalue weighted by molar-refractivity contribution is 6.31. The summed E-state index contributed by atoms with van der Waals surface area (Å²) in [6, 6.07) is 6.19. The van der Waals surface area contributed by atoms with Crippen LogP contribution < -0.4 is 5.73 Å². The van der Waals surface area contributed by atoms with Gasteiger partial charge in [-0.2, -0.15) is 0 Å². The largest absolute Gasteiger partial charge is 0.326 e. The lowest BCUT2D eigenvalue weighted by Gasteiger charge is -2.19. The number of nitrogens with two attached hydrogens (primary N) is 1. The van der Waals surface area contributed by atoms with Crippen LogP contribution in [-0.4, -0.2) is 0 Å². The molecule has 0 unspecified atom stereocenters. The molecule has 0 aliphatic heterocycles. The number of hydrogen-bond donors (Lipinski definition) is 1. The molecule has 0 amide bonds. The maximum absolute atomic E-state index is 6.31. The Kier molecular flexibility index (Phi) is 4.22. The second-order valence-corrected chi connectivity index (χ2v) is 5.92. The van der Waals surface area contributed by atoms with E-state index < -0.39 is 0 Å². The van der Waals surface area contributed by atoms with Crippen molar-refractivity contribution in [2.45, 2.75) is 41.2 Å². The lowest BCUT2D eigenvalue weighted by atomic mass is 9.86. The molecule has 0 saturated heterocycles. The van der Waals surface area contributed by atoms with E-state index in [1.54, 1.807) is 0 Å². The second-order valence-electron chi connectivity index (χ2n) is 5.51. The Morgan fingerprint density at radius 1 is 0.850 bits per heavy atom. The second kappa shape index (κ2) is 5.59. The Hall–Kier alpha value is -1.31. The SMILES string of the molecule is Cc1c(C)c(C)c(-c2ccc(CN)c(Cl)c2)c(C)c1C. The Balaban J connectivity index is 2.73. The fourth-order valence-electron chi connectivity index (χ4n) is 2.80. The van der Waals surface area contributed by atoms with Crippen LogP contribution in [-0.2, 0) is 6.54 Å². The summed E-state index contributed by atoms with van der Waals surface area (Å²) in [5.41, 5.74) is 15.9. The Labute approximate surface area is 126 Å². The number of benzene rings is 2. The Morgan fingerprint density at radius 3 is 1.80 bits per heavy atom. The van der Waals surface area contributed by atoms with E-state index in [4.69, 9.17) is 17.3 Å². The van der Waals surface area contributed by atoms with Gasteiger partial charge in [-0.1, -0.05) is 23.7 Å². The summed E-state index contributed by atoms with van der Waals surface area (Å²) >= 11 is 6.31. The summed E-state index contributed by atoms with van der Waals surface area (Å²) in [7, 11) is 0. The maximum atomic E-state index is 6.31. The average Bonchev–Trinajstić information content (AvgIpc) is 2.43. The van der Waals surface area contributed by atoms with Gasteiger partial charge < -0.3 is 5.73 Å². The van der Waals surface area contributed by atoms with E-state index in [9.17, 15) is 0 Å². The monoisotopic (exact) mass is 287 g/mol. The van der Waals surface area contributed by atoms with Crippen molar-refractivity contribution in [1.29, 1.82) is 0 Å². The fraction of sp³-hybridized carbons (Fsp3) is 0.333. The standard InChI is InChI=1S/C18H22ClN/c1-10-11(2)13(4)18(14(5)12(10)3)15-6-7-16(9-20)17(19)8-15/h6-8H,9,20H2,1-5H3. The normalized spacial score (nSPS) is 10.9. The smallest absolute Gasteiger partial charge is 0.0457 e. The molecule has 2 aromatic carbocycles. The van der Waals surface area contributed by atoms with Crippen molar-refractivity contribution in [1.82, 2.24) is 0 Å². The van der Waals surface area contributed by atoms with Crippen LogP contribution in [0.15, 0.2) is 18.2 Å². The van der Waals surface area contributed by atoms with Crippen molar-refractivity contribution in [3.05, 3.63) is 56.6 Å². The lowest BCUT2D eigenvalue weighted by Crippen LogP contribution is -2.01. The van der Waals surface area contributed by atoms with E-state index in [2.05, 4.69) is 40.7 Å². The van der Waals surface area contributed by atoms with Crippen LogP contribution in [0.2, 0.25) is 5.02 Å². The van der Waals surface area contributed by atoms with Gasteiger partial charge in [0.25, 0.3) is 0 Å². The zero-order valence-corrected chi connectivity index (χ0v) is 13.7. The van der Waals surface area contributed by atoms with Gasteiger partial charge in [0.2, 0.25) is 0 Å². The van der Waals surface area contributed by atoms with Gasteiger partial charge in [-0.05, 0) is 85.2 Å². The van der Waals surface area contributed by atoms with Gasteiger partial charge in [-0.3, -0.25) is 0 Å². The van der Waals surface area contributed by atoms with Crippen molar-refractivity contribution in [3.8, 4) is 11.1 Å². The number of hydrogen-bond acceptors (Lipinski definition) is 1. The van der Waals surface area contributed by atoms with Crippen LogP contribution in [0.1, 0.15) is 33.4 Å². The van der Waals surface area contributed by atoms with Gasteiger partial charge in [0, 0.05) is 11.6 Å². The summed E-state index contributed by atoms with van der Waals surface area (Å²) in [5, 5.41) is 0.750. The van der Waals surface area contributed by atoms with E-state index in [1.807, 2.05) is 12.1 Å². The van der Waals surface area contributed by atoms with Crippen molar-refractivity contribution < 1.29 is 0 Å². The minimum Gasteiger partial charge on any atom is -0.326 e. The molecule has 0 radical (unpaired) electrons. The maximum Gasteiger partial charge on any atom is 0.0457 e. The number of halogens is 1. The molecule has 0 atom stereocenters. The van der Waals surface area contributed by atoms with E-state index in [0.29, 0.717) is 6.54 Å². The van der Waals surface area contributed by atoms with Gasteiger partial charge in [0.05, 0.1) is 0 Å². The van der Waals surface area contributed by atoms with E-state index in [1.165, 1.54) is 38.9 Å². The summed E-state index contributed by atoms with van der Waals surface area (Å²) < 4.78 is 0. The van der Waals surface area contributed by atoms with Gasteiger partial charge in [0.15, 0.2) is 0 Å². The molecule has 0 saturated carbocycles. The molecular formula is C18H22ClN. The third-order valence-corrected chi connectivity index (χ3v) is 4.91. The van der Waals surface area contributed by atoms with Gasteiger partial charge in [-0.25, -0.2) is 0 Å². The predicted molar refractivity (Wildman–Crippen MR) is 88.5 cm³/mol. The quantitative estimate of drug-likeness (QED) is 0.826. The first kappa shape index (κ1) is 15.1. The third kappa shape index (κ3) is 2.36. The third-order valence-electron chi connectivity index (χ3n) is 4.56. The van der Waals surface area contributed by atoms with Crippen LogP contribution >= 0.6 is 11.6 Å². The zero-order valence-electron chi connectivity index (χ0n) is 12.9. The average molecular weight is 288 g/mol. The number of rotatable bonds is 2. The first-order valence-corrected chi connectivity index (χ1v) is 7.32. The molecular weight excluding hydrogens is 266 g/mol. The molecule has 0 heterocycles. The van der Waals surface area contributed by atoms with Gasteiger partial charge in [-0.15, -0.1) is 0 Å². The summed E-state index contributed by atoms with van der Waals surface area (Å²) in [4.78, 5) is 0. The van der Waals surface area contributed by atoms with Crippen LogP contribution in [0.25, 0.3) is 11.1 Å². The van der Waals surface area contributed by atoms with E-state index >= 15 is 0 Å². The highest BCUT2D eigenvalue weighted by Crippen LogP contribution is 2.35. The Bertz CT molecular complexity index is 643. The first-order chi connectivity index (χ1) is 9.38. The highest BCUT2D eigenvalue weighted by Gasteiger charge is 2.14. The molecule has 2 rings (SSSR count). The highest BCUT2D eigenvalue weighted by atomic mass is 35.5. The molecule has 0 fully saturated rings. The topological polar surface area (TPSA) is 26.0 Å². The molecule has 2 N–H and O–H groups in total. The molecule has 1 nitrogen and oxygen atoms in total. The van der Waals surface area contributed by atoms with Crippen molar-refractivity contribution in [3.63, 3.8) is 0 Å². The zero-order chi connectivity index (χ0) is 15.0. The van der Waals surface area contributed by atoms with Crippen LogP contribution in [0.3, 0.4) is 0 Å². The Morgan fingerprint density at radius 2 is 1.35 bits per heavy atom. The van der Waals surface area contributed by atoms with Crippen LogP contribution in [0, 0.1) is 34.6 Å². The minimum atomic E-state index is 0.475. The molecule has 106 valence electrons. The first-order valence-electron chi connectivity index (χ1n) is 6.94. The van der Waals surface area contributed by atoms with Gasteiger partial charge >= 0.3 is 0 Å². The fourth-order valence-corrected chi connectivity index (χ4v) is 3.06. The summed E-state index contributed by atoms with van der Waals surface area (Å²) in [6.45, 7) is 11.4. The minimum absolute atomic E-state index is 0.475. The molecule has 0 bridgehead atoms. The van der Waals surface area contributed by atoms with Crippen LogP contribution in [0.4, 0.5) is 0 Å². The van der Waals surface area contributed by atoms with Crippen LogP contribution in [0.5, 0.6) is 0 Å². The molecule has 20 heavy (non-hydrogen) atoms. The van der Waals surface area contributed by atoms with Crippen molar-refractivity contribution in [2.75, 3.05) is 0 Å². The van der Waals surface area contributed by atoms with Crippen molar-refractivity contribution in [2.24, 2.45) is 5.73 Å². The lowest BCUT2D eigenvalue weighted by molar-refractivity contribution is 1.07. The molecule has 0 spiro atoms. The summed E-state index contributed by atoms with van der Waals surface area (Å²) in [6.07, 6.45) is 0. The van der Waals surface area contributed by atoms with E-state index in [-0.39, 0.29) is 0 Å². The van der Waals surface area contributed by atoms with E-state index in [0.717, 1.165) is 10.6 Å². The molecule has 0 aliphatic rings. The molecule has 2 heteroatoms. The molecule has 2 aromatic rings.